The topological polar surface area (TPSA) is 58.1 Å². The van der Waals surface area contributed by atoms with E-state index in [9.17, 15) is 9.18 Å². The summed E-state index contributed by atoms with van der Waals surface area (Å²) in [5, 5.41) is 2.66. The van der Waals surface area contributed by atoms with Crippen LogP contribution in [0.1, 0.15) is 22.5 Å². The molecule has 0 atom stereocenters. The van der Waals surface area contributed by atoms with E-state index in [0.717, 1.165) is 25.1 Å². The molecule has 1 aliphatic heterocycles. The van der Waals surface area contributed by atoms with E-state index in [0.29, 0.717) is 11.5 Å². The van der Waals surface area contributed by atoms with Crippen LogP contribution in [-0.2, 0) is 6.42 Å². The lowest BCUT2D eigenvalue weighted by Crippen LogP contribution is -2.26. The number of rotatable bonds is 3. The zero-order chi connectivity index (χ0) is 17.9. The highest BCUT2D eigenvalue weighted by Crippen LogP contribution is 2.32. The maximum Gasteiger partial charge on any atom is 0.274 e. The summed E-state index contributed by atoms with van der Waals surface area (Å²) in [5.74, 6) is -0.128. The van der Waals surface area contributed by atoms with Gasteiger partial charge in [0.25, 0.3) is 5.91 Å². The predicted octanol–water partition coefficient (Wildman–Crippen LogP) is 3.95. The van der Waals surface area contributed by atoms with Crippen LogP contribution in [0.25, 0.3) is 0 Å². The summed E-state index contributed by atoms with van der Waals surface area (Å²) in [7, 11) is 0. The van der Waals surface area contributed by atoms with E-state index in [2.05, 4.69) is 32.3 Å². The first-order valence-corrected chi connectivity index (χ1v) is 8.45. The van der Waals surface area contributed by atoms with Crippen molar-refractivity contribution in [3.63, 3.8) is 0 Å². The molecule has 0 saturated carbocycles. The molecule has 6 heteroatoms. The molecule has 1 aliphatic rings. The molecular formula is C20H17FN4O. The average molecular weight is 348 g/mol. The third-order valence-corrected chi connectivity index (χ3v) is 4.35. The van der Waals surface area contributed by atoms with E-state index in [1.54, 1.807) is 18.2 Å². The molecule has 0 unspecified atom stereocenters. The Hall–Kier alpha value is -3.28. The fourth-order valence-electron chi connectivity index (χ4n) is 3.15. The van der Waals surface area contributed by atoms with E-state index < -0.39 is 11.7 Å². The minimum Gasteiger partial charge on any atom is -0.326 e. The monoisotopic (exact) mass is 348 g/mol. The molecule has 26 heavy (non-hydrogen) atoms. The van der Waals surface area contributed by atoms with Crippen molar-refractivity contribution in [2.75, 3.05) is 16.8 Å². The number of amides is 1. The van der Waals surface area contributed by atoms with Gasteiger partial charge in [0, 0.05) is 24.0 Å². The smallest absolute Gasteiger partial charge is 0.274 e. The van der Waals surface area contributed by atoms with Crippen LogP contribution >= 0.6 is 0 Å². The number of hydrogen-bond acceptors (Lipinski definition) is 4. The van der Waals surface area contributed by atoms with Gasteiger partial charge >= 0.3 is 0 Å². The van der Waals surface area contributed by atoms with Crippen molar-refractivity contribution in [1.29, 1.82) is 0 Å². The molecule has 0 radical (unpaired) electrons. The van der Waals surface area contributed by atoms with Crippen molar-refractivity contribution < 1.29 is 9.18 Å². The van der Waals surface area contributed by atoms with Crippen LogP contribution in [0, 0.1) is 5.82 Å². The SMILES string of the molecule is O=C(Nc1cccc(F)c1)c1cc(N2CCCc3ccccc32)ncn1. The van der Waals surface area contributed by atoms with Crippen molar-refractivity contribution in [1.82, 2.24) is 9.97 Å². The summed E-state index contributed by atoms with van der Waals surface area (Å²) in [6, 6.07) is 15.6. The van der Waals surface area contributed by atoms with Gasteiger partial charge in [0.15, 0.2) is 0 Å². The molecule has 3 aromatic rings. The van der Waals surface area contributed by atoms with Crippen molar-refractivity contribution >= 4 is 23.1 Å². The molecule has 2 aromatic carbocycles. The minimum absolute atomic E-state index is 0.238. The Morgan fingerprint density at radius 1 is 1.08 bits per heavy atom. The van der Waals surface area contributed by atoms with Crippen molar-refractivity contribution in [3.8, 4) is 0 Å². The van der Waals surface area contributed by atoms with Gasteiger partial charge in [0.2, 0.25) is 0 Å². The third-order valence-electron chi connectivity index (χ3n) is 4.35. The largest absolute Gasteiger partial charge is 0.326 e. The van der Waals surface area contributed by atoms with Crippen LogP contribution in [0.3, 0.4) is 0 Å². The van der Waals surface area contributed by atoms with Crippen molar-refractivity contribution in [3.05, 3.63) is 78.0 Å². The Morgan fingerprint density at radius 3 is 2.85 bits per heavy atom. The highest BCUT2D eigenvalue weighted by atomic mass is 19.1. The van der Waals surface area contributed by atoms with E-state index >= 15 is 0 Å². The average Bonchev–Trinajstić information content (AvgIpc) is 2.67. The molecule has 1 amide bonds. The molecule has 1 N–H and O–H groups in total. The number of benzene rings is 2. The van der Waals surface area contributed by atoms with E-state index in [-0.39, 0.29) is 5.69 Å². The summed E-state index contributed by atoms with van der Waals surface area (Å²) < 4.78 is 13.3. The zero-order valence-electron chi connectivity index (χ0n) is 14.0. The van der Waals surface area contributed by atoms with E-state index in [4.69, 9.17) is 0 Å². The molecule has 130 valence electrons. The Balaban J connectivity index is 1.60. The first-order valence-electron chi connectivity index (χ1n) is 8.45. The highest BCUT2D eigenvalue weighted by Gasteiger charge is 2.20. The fourth-order valence-corrected chi connectivity index (χ4v) is 3.15. The molecule has 0 bridgehead atoms. The van der Waals surface area contributed by atoms with E-state index in [1.807, 2.05) is 12.1 Å². The van der Waals surface area contributed by atoms with Crippen LogP contribution in [0.4, 0.5) is 21.6 Å². The first kappa shape index (κ1) is 16.2. The quantitative estimate of drug-likeness (QED) is 0.779. The van der Waals surface area contributed by atoms with Gasteiger partial charge in [-0.25, -0.2) is 14.4 Å². The minimum atomic E-state index is -0.406. The number of anilines is 3. The molecule has 0 fully saturated rings. The van der Waals surface area contributed by atoms with Crippen molar-refractivity contribution in [2.24, 2.45) is 0 Å². The molecule has 2 heterocycles. The second-order valence-corrected chi connectivity index (χ2v) is 6.11. The Morgan fingerprint density at radius 2 is 1.96 bits per heavy atom. The van der Waals surface area contributed by atoms with Crippen LogP contribution in [0.15, 0.2) is 60.9 Å². The normalized spacial score (nSPS) is 13.2. The lowest BCUT2D eigenvalue weighted by molar-refractivity contribution is 0.102. The zero-order valence-corrected chi connectivity index (χ0v) is 14.0. The molecule has 4 rings (SSSR count). The van der Waals surface area contributed by atoms with Crippen LogP contribution < -0.4 is 10.2 Å². The molecule has 0 spiro atoms. The van der Waals surface area contributed by atoms with Gasteiger partial charge in [0.1, 0.15) is 23.7 Å². The summed E-state index contributed by atoms with van der Waals surface area (Å²) in [6.07, 6.45) is 3.43. The van der Waals surface area contributed by atoms with Gasteiger partial charge in [-0.3, -0.25) is 4.79 Å². The maximum absolute atomic E-state index is 13.3. The summed E-state index contributed by atoms with van der Waals surface area (Å²) in [5.41, 5.74) is 3.00. The molecule has 1 aromatic heterocycles. The summed E-state index contributed by atoms with van der Waals surface area (Å²) in [6.45, 7) is 0.832. The number of para-hydroxylation sites is 1. The predicted molar refractivity (Wildman–Crippen MR) is 98.2 cm³/mol. The van der Waals surface area contributed by atoms with Gasteiger partial charge in [-0.1, -0.05) is 24.3 Å². The number of nitrogens with zero attached hydrogens (tertiary/aromatic N) is 3. The van der Waals surface area contributed by atoms with Gasteiger partial charge in [-0.2, -0.15) is 0 Å². The number of hydrogen-bond donors (Lipinski definition) is 1. The maximum atomic E-state index is 13.3. The lowest BCUT2D eigenvalue weighted by atomic mass is 10.0. The van der Waals surface area contributed by atoms with Crippen molar-refractivity contribution in [2.45, 2.75) is 12.8 Å². The number of fused-ring (bicyclic) bond motifs is 1. The number of nitrogens with one attached hydrogen (secondary N) is 1. The molecule has 0 aliphatic carbocycles. The summed E-state index contributed by atoms with van der Waals surface area (Å²) >= 11 is 0. The number of carbonyl (C=O) groups excluding carboxylic acids is 1. The third kappa shape index (κ3) is 3.26. The molecule has 5 nitrogen and oxygen atoms in total. The Labute approximate surface area is 150 Å². The Kier molecular flexibility index (Phi) is 4.31. The van der Waals surface area contributed by atoms with Gasteiger partial charge in [0.05, 0.1) is 0 Å². The second kappa shape index (κ2) is 6.92. The number of halogens is 1. The highest BCUT2D eigenvalue weighted by molar-refractivity contribution is 6.03. The van der Waals surface area contributed by atoms with Gasteiger partial charge in [-0.05, 0) is 42.7 Å². The van der Waals surface area contributed by atoms with Crippen LogP contribution in [-0.4, -0.2) is 22.4 Å². The van der Waals surface area contributed by atoms with Crippen LogP contribution in [0.2, 0.25) is 0 Å². The second-order valence-electron chi connectivity index (χ2n) is 6.11. The standard InChI is InChI=1S/C20H17FN4O/c21-15-7-3-8-16(11-15)24-20(26)17-12-19(23-13-22-17)25-10-4-6-14-5-1-2-9-18(14)25/h1-3,5,7-9,11-13H,4,6,10H2,(H,24,26). The number of aryl methyl sites for hydroxylation is 1. The van der Waals surface area contributed by atoms with Gasteiger partial charge in [-0.15, -0.1) is 0 Å². The van der Waals surface area contributed by atoms with Gasteiger partial charge < -0.3 is 10.2 Å². The fraction of sp³-hybridized carbons (Fsp3) is 0.150. The Bertz CT molecular complexity index is 960. The lowest BCUT2D eigenvalue weighted by Gasteiger charge is -2.30. The van der Waals surface area contributed by atoms with E-state index in [1.165, 1.54) is 24.0 Å². The number of aromatic nitrogens is 2. The number of carbonyl (C=O) groups is 1. The van der Waals surface area contributed by atoms with Crippen LogP contribution in [0.5, 0.6) is 0 Å². The molecular weight excluding hydrogens is 331 g/mol. The molecule has 0 saturated heterocycles. The summed E-state index contributed by atoms with van der Waals surface area (Å²) in [4.78, 5) is 23.0. The first-order chi connectivity index (χ1) is 12.7.